The molecule has 9 nitrogen and oxygen atoms in total. The summed E-state index contributed by atoms with van der Waals surface area (Å²) in [7, 11) is 0. The number of rotatable bonds is 5. The highest BCUT2D eigenvalue weighted by atomic mass is 15.4. The molecule has 3 N–H and O–H groups in total. The summed E-state index contributed by atoms with van der Waals surface area (Å²) < 4.78 is 3.51. The average Bonchev–Trinajstić information content (AvgIpc) is 3.18. The van der Waals surface area contributed by atoms with E-state index in [1.54, 1.807) is 29.5 Å². The SMILES string of the molecule is CCCc1nccn1-c1nc(NN)nc(-n2ccnc2)n1. The summed E-state index contributed by atoms with van der Waals surface area (Å²) in [6.45, 7) is 2.09. The maximum absolute atomic E-state index is 5.44. The molecular weight excluding hydrogens is 270 g/mol. The lowest BCUT2D eigenvalue weighted by atomic mass is 10.3. The molecule has 9 heteroatoms. The van der Waals surface area contributed by atoms with Crippen LogP contribution in [0.3, 0.4) is 0 Å². The van der Waals surface area contributed by atoms with Gasteiger partial charge in [0.1, 0.15) is 12.2 Å². The largest absolute Gasteiger partial charge is 0.292 e. The van der Waals surface area contributed by atoms with Crippen LogP contribution in [0.25, 0.3) is 11.9 Å². The first-order chi connectivity index (χ1) is 10.3. The molecule has 0 saturated heterocycles. The second-order valence-corrected chi connectivity index (χ2v) is 4.34. The van der Waals surface area contributed by atoms with Gasteiger partial charge in [0, 0.05) is 31.2 Å². The first-order valence-corrected chi connectivity index (χ1v) is 6.55. The molecule has 0 saturated carbocycles. The Morgan fingerprint density at radius 3 is 2.71 bits per heavy atom. The van der Waals surface area contributed by atoms with Gasteiger partial charge in [0.25, 0.3) is 0 Å². The Balaban J connectivity index is 2.09. The molecule has 3 rings (SSSR count). The molecule has 0 fully saturated rings. The highest BCUT2D eigenvalue weighted by molar-refractivity contribution is 5.32. The Morgan fingerprint density at radius 2 is 2.00 bits per heavy atom. The smallest absolute Gasteiger partial charge is 0.243 e. The third-order valence-corrected chi connectivity index (χ3v) is 2.88. The minimum Gasteiger partial charge on any atom is -0.292 e. The molecule has 0 atom stereocenters. The number of anilines is 1. The molecule has 3 aromatic rings. The monoisotopic (exact) mass is 285 g/mol. The third-order valence-electron chi connectivity index (χ3n) is 2.88. The molecule has 0 radical (unpaired) electrons. The summed E-state index contributed by atoms with van der Waals surface area (Å²) in [4.78, 5) is 21.2. The number of nitrogen functional groups attached to an aromatic ring is 1. The van der Waals surface area contributed by atoms with Crippen LogP contribution in [0.15, 0.2) is 31.1 Å². The van der Waals surface area contributed by atoms with Crippen LogP contribution in [0.2, 0.25) is 0 Å². The third kappa shape index (κ3) is 2.58. The second-order valence-electron chi connectivity index (χ2n) is 4.34. The number of aryl methyl sites for hydroxylation is 1. The highest BCUT2D eigenvalue weighted by Gasteiger charge is 2.12. The molecule has 0 aromatic carbocycles. The Hall–Kier alpha value is -2.81. The van der Waals surface area contributed by atoms with Gasteiger partial charge in [0.2, 0.25) is 17.8 Å². The minimum absolute atomic E-state index is 0.278. The van der Waals surface area contributed by atoms with Gasteiger partial charge in [-0.2, -0.15) is 15.0 Å². The summed E-state index contributed by atoms with van der Waals surface area (Å²) in [6, 6.07) is 0. The average molecular weight is 285 g/mol. The zero-order valence-corrected chi connectivity index (χ0v) is 11.5. The van der Waals surface area contributed by atoms with Crippen LogP contribution in [0.5, 0.6) is 0 Å². The van der Waals surface area contributed by atoms with Gasteiger partial charge in [0.05, 0.1) is 0 Å². The van der Waals surface area contributed by atoms with Gasteiger partial charge in [-0.05, 0) is 6.42 Å². The molecule has 0 amide bonds. The van der Waals surface area contributed by atoms with Gasteiger partial charge in [-0.15, -0.1) is 0 Å². The summed E-state index contributed by atoms with van der Waals surface area (Å²) in [5.41, 5.74) is 2.45. The van der Waals surface area contributed by atoms with Crippen molar-refractivity contribution in [3.63, 3.8) is 0 Å². The van der Waals surface area contributed by atoms with Crippen molar-refractivity contribution in [2.45, 2.75) is 19.8 Å². The van der Waals surface area contributed by atoms with E-state index in [4.69, 9.17) is 5.84 Å². The van der Waals surface area contributed by atoms with Gasteiger partial charge >= 0.3 is 0 Å². The lowest BCUT2D eigenvalue weighted by Crippen LogP contribution is -2.16. The number of hydrogen-bond acceptors (Lipinski definition) is 7. The normalized spacial score (nSPS) is 10.8. The van der Waals surface area contributed by atoms with Crippen LogP contribution in [0, 0.1) is 0 Å². The highest BCUT2D eigenvalue weighted by Crippen LogP contribution is 2.11. The Bertz CT molecular complexity index is 716. The number of nitrogens with one attached hydrogen (secondary N) is 1. The minimum atomic E-state index is 0.278. The Morgan fingerprint density at radius 1 is 1.14 bits per heavy atom. The lowest BCUT2D eigenvalue weighted by molar-refractivity contribution is 0.766. The molecule has 0 aliphatic heterocycles. The van der Waals surface area contributed by atoms with E-state index >= 15 is 0 Å². The zero-order chi connectivity index (χ0) is 14.7. The number of aromatic nitrogens is 7. The van der Waals surface area contributed by atoms with Crippen LogP contribution in [-0.4, -0.2) is 34.1 Å². The van der Waals surface area contributed by atoms with Crippen molar-refractivity contribution in [2.24, 2.45) is 5.84 Å². The summed E-state index contributed by atoms with van der Waals surface area (Å²) in [5, 5.41) is 0. The van der Waals surface area contributed by atoms with Crippen molar-refractivity contribution in [3.05, 3.63) is 36.9 Å². The van der Waals surface area contributed by atoms with Crippen molar-refractivity contribution < 1.29 is 0 Å². The van der Waals surface area contributed by atoms with E-state index in [1.165, 1.54) is 0 Å². The molecule has 3 heterocycles. The molecule has 0 unspecified atom stereocenters. The maximum atomic E-state index is 5.44. The number of nitrogens with two attached hydrogens (primary N) is 1. The fourth-order valence-electron chi connectivity index (χ4n) is 1.94. The van der Waals surface area contributed by atoms with Gasteiger partial charge in [-0.25, -0.2) is 15.8 Å². The predicted molar refractivity (Wildman–Crippen MR) is 75.9 cm³/mol. The number of imidazole rings is 2. The standard InChI is InChI=1S/C12H15N9/c1-2-3-9-15-5-7-21(9)12-17-10(19-13)16-11(18-12)20-6-4-14-8-20/h4-8H,2-3,13H2,1H3,(H,16,17,18,19). The molecule has 0 spiro atoms. The van der Waals surface area contributed by atoms with Crippen molar-refractivity contribution in [2.75, 3.05) is 5.43 Å². The maximum Gasteiger partial charge on any atom is 0.243 e. The van der Waals surface area contributed by atoms with Crippen molar-refractivity contribution >= 4 is 5.95 Å². The number of nitrogens with zero attached hydrogens (tertiary/aromatic N) is 7. The lowest BCUT2D eigenvalue weighted by Gasteiger charge is -2.09. The van der Waals surface area contributed by atoms with Crippen LogP contribution >= 0.6 is 0 Å². The first kappa shape index (κ1) is 13.2. The van der Waals surface area contributed by atoms with Gasteiger partial charge in [-0.1, -0.05) is 6.92 Å². The van der Waals surface area contributed by atoms with E-state index in [9.17, 15) is 0 Å². The number of hydrogen-bond donors (Lipinski definition) is 2. The quantitative estimate of drug-likeness (QED) is 0.518. The first-order valence-electron chi connectivity index (χ1n) is 6.55. The van der Waals surface area contributed by atoms with Crippen molar-refractivity contribution in [3.8, 4) is 11.9 Å². The molecule has 0 bridgehead atoms. The second kappa shape index (κ2) is 5.67. The van der Waals surface area contributed by atoms with Gasteiger partial charge in [-0.3, -0.25) is 14.6 Å². The van der Waals surface area contributed by atoms with E-state index in [1.807, 2.05) is 10.8 Å². The molecule has 0 aliphatic carbocycles. The summed E-state index contributed by atoms with van der Waals surface area (Å²) in [5.74, 6) is 7.50. The Kier molecular flexibility index (Phi) is 3.56. The topological polar surface area (TPSA) is 112 Å². The van der Waals surface area contributed by atoms with E-state index in [2.05, 4.69) is 37.3 Å². The Labute approximate surface area is 120 Å². The van der Waals surface area contributed by atoms with E-state index in [-0.39, 0.29) is 5.95 Å². The van der Waals surface area contributed by atoms with Gasteiger partial charge in [0.15, 0.2) is 0 Å². The van der Waals surface area contributed by atoms with Crippen LogP contribution in [-0.2, 0) is 6.42 Å². The fourth-order valence-corrected chi connectivity index (χ4v) is 1.94. The van der Waals surface area contributed by atoms with Gasteiger partial charge < -0.3 is 0 Å². The van der Waals surface area contributed by atoms with Crippen molar-refractivity contribution in [1.29, 1.82) is 0 Å². The predicted octanol–water partition coefficient (Wildman–Crippen LogP) is 0.481. The molecule has 0 aliphatic rings. The summed E-state index contributed by atoms with van der Waals surface area (Å²) >= 11 is 0. The molecule has 21 heavy (non-hydrogen) atoms. The summed E-state index contributed by atoms with van der Waals surface area (Å²) in [6.07, 6.45) is 10.4. The van der Waals surface area contributed by atoms with Crippen molar-refractivity contribution in [1.82, 2.24) is 34.1 Å². The van der Waals surface area contributed by atoms with Crippen LogP contribution in [0.4, 0.5) is 5.95 Å². The zero-order valence-electron chi connectivity index (χ0n) is 11.5. The molecule has 108 valence electrons. The number of hydrazine groups is 1. The van der Waals surface area contributed by atoms with Crippen LogP contribution < -0.4 is 11.3 Å². The van der Waals surface area contributed by atoms with E-state index in [0.29, 0.717) is 11.9 Å². The fraction of sp³-hybridized carbons (Fsp3) is 0.250. The van der Waals surface area contributed by atoms with E-state index < -0.39 is 0 Å². The van der Waals surface area contributed by atoms with E-state index in [0.717, 1.165) is 18.7 Å². The molecule has 3 aromatic heterocycles. The van der Waals surface area contributed by atoms with Crippen LogP contribution in [0.1, 0.15) is 19.2 Å². The molecular formula is C12H15N9.